The van der Waals surface area contributed by atoms with Gasteiger partial charge >= 0.3 is 0 Å². The molecule has 1 atom stereocenters. The standard InChI is InChI=1S/C9H15NO2S.CH4/c1-8(2)6(11)10(4)7(12)9(8,3)13-5;/h1-5H3;1H4. The molecule has 4 heteroatoms. The van der Waals surface area contributed by atoms with Crippen molar-refractivity contribution in [2.24, 2.45) is 5.41 Å². The van der Waals surface area contributed by atoms with Crippen molar-refractivity contribution in [1.82, 2.24) is 4.90 Å². The van der Waals surface area contributed by atoms with Crippen molar-refractivity contribution in [2.75, 3.05) is 13.3 Å². The van der Waals surface area contributed by atoms with E-state index in [9.17, 15) is 9.59 Å². The van der Waals surface area contributed by atoms with Crippen molar-refractivity contribution in [1.29, 1.82) is 0 Å². The van der Waals surface area contributed by atoms with E-state index in [1.54, 1.807) is 7.05 Å². The van der Waals surface area contributed by atoms with E-state index in [0.29, 0.717) is 0 Å². The monoisotopic (exact) mass is 217 g/mol. The van der Waals surface area contributed by atoms with Crippen LogP contribution in [0.3, 0.4) is 0 Å². The van der Waals surface area contributed by atoms with Crippen LogP contribution in [0, 0.1) is 5.41 Å². The average Bonchev–Trinajstić information content (AvgIpc) is 2.20. The summed E-state index contributed by atoms with van der Waals surface area (Å²) in [5.74, 6) is -0.177. The summed E-state index contributed by atoms with van der Waals surface area (Å²) in [7, 11) is 1.55. The number of imide groups is 1. The molecular weight excluding hydrogens is 198 g/mol. The van der Waals surface area contributed by atoms with Crippen LogP contribution < -0.4 is 0 Å². The fourth-order valence-electron chi connectivity index (χ4n) is 1.65. The van der Waals surface area contributed by atoms with Gasteiger partial charge < -0.3 is 0 Å². The average molecular weight is 217 g/mol. The molecule has 1 unspecified atom stereocenters. The van der Waals surface area contributed by atoms with E-state index >= 15 is 0 Å². The maximum Gasteiger partial charge on any atom is 0.245 e. The molecule has 0 saturated carbocycles. The van der Waals surface area contributed by atoms with Gasteiger partial charge in [0.25, 0.3) is 0 Å². The lowest BCUT2D eigenvalue weighted by Gasteiger charge is -2.30. The number of hydrogen-bond acceptors (Lipinski definition) is 3. The lowest BCUT2D eigenvalue weighted by atomic mass is 9.81. The first-order chi connectivity index (χ1) is 5.79. The van der Waals surface area contributed by atoms with Crippen LogP contribution in [0.25, 0.3) is 0 Å². The number of rotatable bonds is 1. The molecule has 1 aliphatic rings. The molecule has 0 N–H and O–H groups in total. The van der Waals surface area contributed by atoms with Crippen LogP contribution in [0.4, 0.5) is 0 Å². The van der Waals surface area contributed by atoms with E-state index < -0.39 is 10.2 Å². The lowest BCUT2D eigenvalue weighted by molar-refractivity contribution is -0.139. The Balaban J connectivity index is 0.00000169. The van der Waals surface area contributed by atoms with Crippen molar-refractivity contribution in [3.8, 4) is 0 Å². The number of hydrogen-bond donors (Lipinski definition) is 0. The molecule has 0 radical (unpaired) electrons. The van der Waals surface area contributed by atoms with Gasteiger partial charge in [0, 0.05) is 7.05 Å². The first kappa shape index (κ1) is 13.5. The number of amides is 2. The van der Waals surface area contributed by atoms with Gasteiger partial charge in [0.05, 0.1) is 5.41 Å². The molecule has 14 heavy (non-hydrogen) atoms. The molecule has 0 aromatic rings. The summed E-state index contributed by atoms with van der Waals surface area (Å²) in [4.78, 5) is 24.7. The topological polar surface area (TPSA) is 37.4 Å². The number of carbonyl (C=O) groups is 2. The van der Waals surface area contributed by atoms with Gasteiger partial charge in [0.15, 0.2) is 0 Å². The van der Waals surface area contributed by atoms with Crippen LogP contribution in [-0.4, -0.2) is 34.8 Å². The second-order valence-corrected chi connectivity index (χ2v) is 5.26. The summed E-state index contributed by atoms with van der Waals surface area (Å²) in [5.41, 5.74) is -0.599. The molecule has 1 heterocycles. The summed E-state index contributed by atoms with van der Waals surface area (Å²) in [6, 6.07) is 0. The highest BCUT2D eigenvalue weighted by atomic mass is 32.2. The maximum atomic E-state index is 11.8. The Kier molecular flexibility index (Phi) is 3.44. The van der Waals surface area contributed by atoms with Gasteiger partial charge in [-0.1, -0.05) is 7.43 Å². The van der Waals surface area contributed by atoms with E-state index in [0.717, 1.165) is 0 Å². The first-order valence-electron chi connectivity index (χ1n) is 4.17. The van der Waals surface area contributed by atoms with Crippen LogP contribution in [0.5, 0.6) is 0 Å². The molecule has 0 aromatic carbocycles. The van der Waals surface area contributed by atoms with Crippen molar-refractivity contribution in [3.05, 3.63) is 0 Å². The van der Waals surface area contributed by atoms with E-state index in [-0.39, 0.29) is 19.2 Å². The van der Waals surface area contributed by atoms with Crippen molar-refractivity contribution >= 4 is 23.6 Å². The van der Waals surface area contributed by atoms with Crippen molar-refractivity contribution in [3.63, 3.8) is 0 Å². The van der Waals surface area contributed by atoms with Crippen LogP contribution >= 0.6 is 11.8 Å². The second-order valence-electron chi connectivity index (χ2n) is 4.03. The zero-order valence-electron chi connectivity index (χ0n) is 8.67. The number of carbonyl (C=O) groups excluding carboxylic acids is 2. The van der Waals surface area contributed by atoms with E-state index in [2.05, 4.69) is 0 Å². The van der Waals surface area contributed by atoms with Crippen LogP contribution in [0.2, 0.25) is 0 Å². The van der Waals surface area contributed by atoms with Crippen LogP contribution in [0.15, 0.2) is 0 Å². The summed E-state index contributed by atoms with van der Waals surface area (Å²) in [6.45, 7) is 5.49. The van der Waals surface area contributed by atoms with Crippen molar-refractivity contribution < 1.29 is 9.59 Å². The molecule has 1 aliphatic heterocycles. The first-order valence-corrected chi connectivity index (χ1v) is 5.39. The minimum Gasteiger partial charge on any atom is -0.284 e. The third-order valence-electron chi connectivity index (χ3n) is 3.15. The Morgan fingerprint density at radius 2 is 1.57 bits per heavy atom. The van der Waals surface area contributed by atoms with Gasteiger partial charge in [-0.25, -0.2) is 0 Å². The summed E-state index contributed by atoms with van der Waals surface area (Å²) < 4.78 is -0.612. The van der Waals surface area contributed by atoms with Gasteiger partial charge in [-0.05, 0) is 27.0 Å². The van der Waals surface area contributed by atoms with Gasteiger partial charge in [-0.2, -0.15) is 0 Å². The fraction of sp³-hybridized carbons (Fsp3) is 0.800. The summed E-state index contributed by atoms with van der Waals surface area (Å²) in [6.07, 6.45) is 1.87. The number of likely N-dealkylation sites (tertiary alicyclic amines) is 1. The zero-order valence-corrected chi connectivity index (χ0v) is 9.49. The molecule has 0 aliphatic carbocycles. The molecule has 0 aromatic heterocycles. The van der Waals surface area contributed by atoms with Crippen molar-refractivity contribution in [2.45, 2.75) is 32.9 Å². The van der Waals surface area contributed by atoms with Crippen LogP contribution in [0.1, 0.15) is 28.2 Å². The van der Waals surface area contributed by atoms with Gasteiger partial charge in [0.1, 0.15) is 4.75 Å². The molecule has 82 valence electrons. The highest BCUT2D eigenvalue weighted by Crippen LogP contribution is 2.47. The molecule has 0 spiro atoms. The lowest BCUT2D eigenvalue weighted by Crippen LogP contribution is -2.41. The van der Waals surface area contributed by atoms with Gasteiger partial charge in [-0.3, -0.25) is 14.5 Å². The largest absolute Gasteiger partial charge is 0.284 e. The van der Waals surface area contributed by atoms with E-state index in [1.807, 2.05) is 27.0 Å². The van der Waals surface area contributed by atoms with E-state index in [4.69, 9.17) is 0 Å². The minimum absolute atomic E-state index is 0. The molecule has 1 saturated heterocycles. The maximum absolute atomic E-state index is 11.8. The molecule has 1 rings (SSSR count). The third kappa shape index (κ3) is 1.28. The Hall–Kier alpha value is -0.510. The smallest absolute Gasteiger partial charge is 0.245 e. The SMILES string of the molecule is C.CSC1(C)C(=O)N(C)C(=O)C1(C)C. The zero-order chi connectivity index (χ0) is 10.4. The Bertz CT molecular complexity index is 275. The Morgan fingerprint density at radius 1 is 1.14 bits per heavy atom. The molecule has 2 amide bonds. The summed E-state index contributed by atoms with van der Waals surface area (Å²) >= 11 is 1.45. The molecular formula is C10H19NO2S. The highest BCUT2D eigenvalue weighted by molar-refractivity contribution is 8.00. The predicted octanol–water partition coefficient (Wildman–Crippen LogP) is 1.77. The van der Waals surface area contributed by atoms with Gasteiger partial charge in [-0.15, -0.1) is 11.8 Å². The molecule has 3 nitrogen and oxygen atoms in total. The van der Waals surface area contributed by atoms with Crippen LogP contribution in [-0.2, 0) is 9.59 Å². The normalized spacial score (nSPS) is 30.5. The highest BCUT2D eigenvalue weighted by Gasteiger charge is 2.60. The second kappa shape index (κ2) is 3.57. The van der Waals surface area contributed by atoms with Gasteiger partial charge in [0.2, 0.25) is 11.8 Å². The number of thioether (sulfide) groups is 1. The molecule has 0 bridgehead atoms. The summed E-state index contributed by atoms with van der Waals surface area (Å²) in [5, 5.41) is 0. The molecule has 1 fully saturated rings. The Labute approximate surface area is 90.2 Å². The van der Waals surface area contributed by atoms with E-state index in [1.165, 1.54) is 16.7 Å². The third-order valence-corrected chi connectivity index (χ3v) is 4.65. The minimum atomic E-state index is -0.612. The fourth-order valence-corrected chi connectivity index (χ4v) is 2.55. The number of nitrogens with zero attached hydrogens (tertiary/aromatic N) is 1. The predicted molar refractivity (Wildman–Crippen MR) is 60.2 cm³/mol. The quantitative estimate of drug-likeness (QED) is 0.628. The Morgan fingerprint density at radius 3 is 1.71 bits per heavy atom.